The third-order valence-electron chi connectivity index (χ3n) is 2.14. The highest BCUT2D eigenvalue weighted by Gasteiger charge is 2.40. The zero-order valence-corrected chi connectivity index (χ0v) is 6.68. The molecule has 4 N–H and O–H groups in total. The number of nitrogens with one attached hydrogen (secondary N) is 1. The molecule has 1 fully saturated rings. The van der Waals surface area contributed by atoms with Crippen LogP contribution in [-0.4, -0.2) is 45.7 Å². The molecule has 1 aliphatic rings. The number of hydrogen-bond acceptors (Lipinski definition) is 5. The second-order valence-electron chi connectivity index (χ2n) is 3.03. The number of nitriles is 1. The summed E-state index contributed by atoms with van der Waals surface area (Å²) in [5.74, 6) is 0. The van der Waals surface area contributed by atoms with Crippen LogP contribution in [0.1, 0.15) is 6.92 Å². The van der Waals surface area contributed by atoms with Gasteiger partial charge in [-0.25, -0.2) is 0 Å². The first-order chi connectivity index (χ1) is 5.57. The van der Waals surface area contributed by atoms with Gasteiger partial charge in [-0.15, -0.1) is 0 Å². The van der Waals surface area contributed by atoms with Gasteiger partial charge in [0.15, 0.2) is 0 Å². The van der Waals surface area contributed by atoms with Crippen LogP contribution in [0.5, 0.6) is 0 Å². The van der Waals surface area contributed by atoms with Crippen molar-refractivity contribution in [2.45, 2.75) is 37.3 Å². The van der Waals surface area contributed by atoms with E-state index in [0.29, 0.717) is 0 Å². The Kier molecular flexibility index (Phi) is 2.65. The lowest BCUT2D eigenvalue weighted by Crippen LogP contribution is -2.63. The second kappa shape index (κ2) is 3.37. The Hall–Kier alpha value is -0.670. The first-order valence-corrected chi connectivity index (χ1v) is 3.77. The predicted octanol–water partition coefficient (Wildman–Crippen LogP) is -2.05. The largest absolute Gasteiger partial charge is 0.389 e. The van der Waals surface area contributed by atoms with Crippen molar-refractivity contribution >= 4 is 0 Å². The minimum Gasteiger partial charge on any atom is -0.389 e. The molecule has 0 aromatic rings. The number of piperidine rings is 1. The summed E-state index contributed by atoms with van der Waals surface area (Å²) in [7, 11) is 0. The summed E-state index contributed by atoms with van der Waals surface area (Å²) in [5.41, 5.74) is 0. The molecule has 0 aromatic heterocycles. The summed E-state index contributed by atoms with van der Waals surface area (Å²) in [6.45, 7) is 1.64. The Morgan fingerprint density at radius 3 is 2.25 bits per heavy atom. The number of aliphatic hydroxyl groups is 3. The van der Waals surface area contributed by atoms with Gasteiger partial charge in [-0.2, -0.15) is 5.26 Å². The Morgan fingerprint density at radius 2 is 1.75 bits per heavy atom. The van der Waals surface area contributed by atoms with E-state index < -0.39 is 24.4 Å². The van der Waals surface area contributed by atoms with Crippen LogP contribution >= 0.6 is 0 Å². The fraction of sp³-hybridized carbons (Fsp3) is 0.857. The maximum atomic E-state index is 9.25. The predicted molar refractivity (Wildman–Crippen MR) is 40.0 cm³/mol. The van der Waals surface area contributed by atoms with E-state index >= 15 is 0 Å². The molecule has 1 heterocycles. The van der Waals surface area contributed by atoms with Crippen LogP contribution in [0.15, 0.2) is 0 Å². The molecule has 5 heteroatoms. The van der Waals surface area contributed by atoms with Crippen molar-refractivity contribution in [1.82, 2.24) is 5.32 Å². The molecule has 1 saturated heterocycles. The molecule has 0 aromatic carbocycles. The summed E-state index contributed by atoms with van der Waals surface area (Å²) in [6, 6.07) is 0.614. The van der Waals surface area contributed by atoms with E-state index in [1.54, 1.807) is 13.0 Å². The van der Waals surface area contributed by atoms with Crippen molar-refractivity contribution in [2.24, 2.45) is 0 Å². The van der Waals surface area contributed by atoms with E-state index in [1.165, 1.54) is 0 Å². The third-order valence-corrected chi connectivity index (χ3v) is 2.14. The first-order valence-electron chi connectivity index (χ1n) is 3.77. The van der Waals surface area contributed by atoms with E-state index in [-0.39, 0.29) is 6.04 Å². The standard InChI is InChI=1S/C7H12N2O3/c1-3-5(10)7(12)6(11)4(2-8)9-3/h3-7,9-12H,1H3. The molecule has 0 saturated carbocycles. The lowest BCUT2D eigenvalue weighted by atomic mass is 9.92. The van der Waals surface area contributed by atoms with Crippen LogP contribution in [0.25, 0.3) is 0 Å². The third kappa shape index (κ3) is 1.42. The molecule has 1 rings (SSSR count). The zero-order valence-electron chi connectivity index (χ0n) is 6.68. The summed E-state index contributed by atoms with van der Waals surface area (Å²) >= 11 is 0. The molecule has 12 heavy (non-hydrogen) atoms. The maximum absolute atomic E-state index is 9.25. The van der Waals surface area contributed by atoms with Gasteiger partial charge < -0.3 is 15.3 Å². The van der Waals surface area contributed by atoms with Gasteiger partial charge in [0.25, 0.3) is 0 Å². The van der Waals surface area contributed by atoms with Gasteiger partial charge in [0, 0.05) is 6.04 Å². The maximum Gasteiger partial charge on any atom is 0.124 e. The molecule has 0 bridgehead atoms. The Bertz CT molecular complexity index is 203. The van der Waals surface area contributed by atoms with Gasteiger partial charge in [-0.1, -0.05) is 0 Å². The van der Waals surface area contributed by atoms with Gasteiger partial charge in [0.2, 0.25) is 0 Å². The summed E-state index contributed by atoms with van der Waals surface area (Å²) in [5, 5.41) is 38.9. The molecule has 0 aliphatic carbocycles. The van der Waals surface area contributed by atoms with Crippen molar-refractivity contribution in [3.05, 3.63) is 0 Å². The molecule has 1 aliphatic heterocycles. The zero-order chi connectivity index (χ0) is 9.30. The number of nitrogens with zero attached hydrogens (tertiary/aromatic N) is 1. The summed E-state index contributed by atoms with van der Waals surface area (Å²) in [4.78, 5) is 0. The van der Waals surface area contributed by atoms with Crippen molar-refractivity contribution in [2.75, 3.05) is 0 Å². The van der Waals surface area contributed by atoms with Gasteiger partial charge in [0.1, 0.15) is 18.2 Å². The number of hydrogen-bond donors (Lipinski definition) is 4. The smallest absolute Gasteiger partial charge is 0.124 e. The van der Waals surface area contributed by atoms with Crippen LogP contribution in [0.2, 0.25) is 0 Å². The van der Waals surface area contributed by atoms with Crippen LogP contribution < -0.4 is 5.32 Å². The normalized spacial score (nSPS) is 48.4. The second-order valence-corrected chi connectivity index (χ2v) is 3.03. The van der Waals surface area contributed by atoms with Crippen LogP contribution in [0.4, 0.5) is 0 Å². The van der Waals surface area contributed by atoms with E-state index in [2.05, 4.69) is 5.32 Å². The molecule has 0 spiro atoms. The van der Waals surface area contributed by atoms with Gasteiger partial charge in [0.05, 0.1) is 12.2 Å². The van der Waals surface area contributed by atoms with Crippen molar-refractivity contribution in [3.63, 3.8) is 0 Å². The molecular formula is C7H12N2O3. The molecule has 5 unspecified atom stereocenters. The number of rotatable bonds is 0. The van der Waals surface area contributed by atoms with Gasteiger partial charge in [-0.05, 0) is 6.92 Å². The first kappa shape index (κ1) is 9.42. The SMILES string of the molecule is CC1NC(C#N)C(O)C(O)C1O. The van der Waals surface area contributed by atoms with Gasteiger partial charge in [-0.3, -0.25) is 5.32 Å². The monoisotopic (exact) mass is 172 g/mol. The molecule has 5 nitrogen and oxygen atoms in total. The highest BCUT2D eigenvalue weighted by Crippen LogP contribution is 2.14. The molecule has 5 atom stereocenters. The topological polar surface area (TPSA) is 96.5 Å². The van der Waals surface area contributed by atoms with Crippen molar-refractivity contribution in [1.29, 1.82) is 5.26 Å². The van der Waals surface area contributed by atoms with Crippen LogP contribution in [0.3, 0.4) is 0 Å². The van der Waals surface area contributed by atoms with Crippen molar-refractivity contribution in [3.8, 4) is 6.07 Å². The lowest BCUT2D eigenvalue weighted by molar-refractivity contribution is -0.102. The lowest BCUT2D eigenvalue weighted by Gasteiger charge is -2.37. The van der Waals surface area contributed by atoms with Crippen LogP contribution in [0, 0.1) is 11.3 Å². The summed E-state index contributed by atoms with van der Waals surface area (Å²) in [6.07, 6.45) is -3.49. The summed E-state index contributed by atoms with van der Waals surface area (Å²) < 4.78 is 0. The molecule has 0 amide bonds. The molecule has 68 valence electrons. The minimum absolute atomic E-state index is 0.381. The fourth-order valence-corrected chi connectivity index (χ4v) is 1.29. The Balaban J connectivity index is 2.72. The average molecular weight is 172 g/mol. The number of aliphatic hydroxyl groups excluding tert-OH is 3. The molecular weight excluding hydrogens is 160 g/mol. The van der Waals surface area contributed by atoms with E-state index in [4.69, 9.17) is 5.26 Å². The van der Waals surface area contributed by atoms with Crippen LogP contribution in [-0.2, 0) is 0 Å². The van der Waals surface area contributed by atoms with E-state index in [9.17, 15) is 15.3 Å². The Morgan fingerprint density at radius 1 is 1.17 bits per heavy atom. The highest BCUT2D eigenvalue weighted by atomic mass is 16.4. The van der Waals surface area contributed by atoms with Gasteiger partial charge >= 0.3 is 0 Å². The minimum atomic E-state index is -1.24. The fourth-order valence-electron chi connectivity index (χ4n) is 1.29. The Labute approximate surface area is 70.2 Å². The van der Waals surface area contributed by atoms with Crippen molar-refractivity contribution < 1.29 is 15.3 Å². The quantitative estimate of drug-likeness (QED) is 0.337. The van der Waals surface area contributed by atoms with E-state index in [1.807, 2.05) is 0 Å². The van der Waals surface area contributed by atoms with E-state index in [0.717, 1.165) is 0 Å². The molecule has 0 radical (unpaired) electrons. The highest BCUT2D eigenvalue weighted by molar-refractivity contribution is 5.06. The average Bonchev–Trinajstić information content (AvgIpc) is 2.08.